The van der Waals surface area contributed by atoms with Gasteiger partial charge in [0.15, 0.2) is 12.5 Å². The second-order valence-corrected chi connectivity index (χ2v) is 15.8. The van der Waals surface area contributed by atoms with Gasteiger partial charge in [-0.15, -0.1) is 0 Å². The quantitative estimate of drug-likeness (QED) is 0.184. The van der Waals surface area contributed by atoms with Gasteiger partial charge in [-0.05, 0) is 24.3 Å². The third-order valence-corrected chi connectivity index (χ3v) is 10.7. The number of nitrogens with zero attached hydrogens (tertiary/aromatic N) is 4. The largest absolute Gasteiger partial charge is 0.386 e. The monoisotopic (exact) mass is 656 g/mol. The molecule has 0 radical (unpaired) electrons. The fraction of sp³-hybridized carbons (Fsp3) is 0.417. The second kappa shape index (κ2) is 11.0. The maximum Gasteiger partial charge on any atom is 0.386 e. The van der Waals surface area contributed by atoms with E-state index in [0.717, 1.165) is 0 Å². The predicted octanol–water partition coefficient (Wildman–Crippen LogP) is 3.50. The van der Waals surface area contributed by atoms with E-state index in [2.05, 4.69) is 34.5 Å². The van der Waals surface area contributed by atoms with Gasteiger partial charge in [-0.25, -0.2) is 19.1 Å². The molecule has 42 heavy (non-hydrogen) atoms. The molecule has 3 fully saturated rings. The van der Waals surface area contributed by atoms with Crippen LogP contribution >= 0.6 is 38.1 Å². The van der Waals surface area contributed by atoms with E-state index in [1.165, 1.54) is 12.7 Å². The average Bonchev–Trinajstić information content (AvgIpc) is 3.71. The van der Waals surface area contributed by atoms with Gasteiger partial charge in [0.1, 0.15) is 36.6 Å². The molecule has 2 aromatic heterocycles. The van der Waals surface area contributed by atoms with E-state index >= 15 is 0 Å². The SMILES string of the molecule is O=P1(S)OC[C@H]2O[C@@H](n3cnc4ccccc43)C(O)C2OP(=O)(S)OC[C@H]2O[C@@H](n3cnc4ccccc43)C(O)C2O1. The molecule has 3 aliphatic heterocycles. The van der Waals surface area contributed by atoms with Crippen LogP contribution in [0.15, 0.2) is 61.2 Å². The molecule has 0 aliphatic carbocycles. The van der Waals surface area contributed by atoms with Gasteiger partial charge in [-0.3, -0.25) is 18.1 Å². The number of para-hydroxylation sites is 4. The summed E-state index contributed by atoms with van der Waals surface area (Å²) in [4.78, 5) is 8.65. The number of imidazole rings is 2. The minimum absolute atomic E-state index is 0.441. The normalized spacial score (nSPS) is 39.5. The minimum atomic E-state index is -4.17. The predicted molar refractivity (Wildman–Crippen MR) is 154 cm³/mol. The van der Waals surface area contributed by atoms with E-state index in [-0.39, 0.29) is 0 Å². The van der Waals surface area contributed by atoms with Gasteiger partial charge in [0.05, 0.1) is 47.9 Å². The standard InChI is InChI=1S/C24H26N4O10P2S2/c29-19-21-17(35-23(19)27-11-25-13-5-1-3-7-15(13)27)9-33-40(32,42)38-22-18(10-34-39(31,41)37-21)36-24(20(22)30)28-12-26-14-6-2-4-8-16(14)28/h1-8,11-12,17-24,29-30H,9-10H2,(H,31,41)(H,32,42)/t17-,18-,19?,20?,21?,22?,23-,24-,39?,40?/m1/s1. The van der Waals surface area contributed by atoms with Crippen LogP contribution < -0.4 is 0 Å². The molecule has 7 rings (SSSR count). The Labute approximate surface area is 249 Å². The summed E-state index contributed by atoms with van der Waals surface area (Å²) in [6.07, 6.45) is -6.54. The Bertz CT molecular complexity index is 1600. The van der Waals surface area contributed by atoms with Crippen molar-refractivity contribution in [3.05, 3.63) is 61.2 Å². The number of benzene rings is 2. The smallest absolute Gasteiger partial charge is 0.386 e. The van der Waals surface area contributed by atoms with E-state index in [1.54, 1.807) is 33.4 Å². The molecule has 3 aliphatic rings. The number of rotatable bonds is 2. The van der Waals surface area contributed by atoms with E-state index in [0.29, 0.717) is 22.1 Å². The highest BCUT2D eigenvalue weighted by Gasteiger charge is 2.53. The van der Waals surface area contributed by atoms with Crippen LogP contribution in [-0.4, -0.2) is 79.2 Å². The van der Waals surface area contributed by atoms with Crippen molar-refractivity contribution in [1.82, 2.24) is 19.1 Å². The van der Waals surface area contributed by atoms with Crippen molar-refractivity contribution < 1.29 is 46.9 Å². The van der Waals surface area contributed by atoms with Gasteiger partial charge in [-0.1, -0.05) is 48.8 Å². The Kier molecular flexibility index (Phi) is 7.57. The summed E-state index contributed by atoms with van der Waals surface area (Å²) in [6.45, 7) is -9.22. The average molecular weight is 657 g/mol. The molecule has 5 heterocycles. The first-order valence-corrected chi connectivity index (χ1v) is 18.3. The molecule has 3 saturated heterocycles. The van der Waals surface area contributed by atoms with Crippen molar-refractivity contribution in [2.75, 3.05) is 13.2 Å². The third kappa shape index (κ3) is 5.27. The maximum atomic E-state index is 13.4. The zero-order chi connectivity index (χ0) is 29.2. The molecule has 10 atom stereocenters. The molecular weight excluding hydrogens is 630 g/mol. The summed E-state index contributed by atoms with van der Waals surface area (Å²) in [5, 5.41) is 22.5. The number of hydrogen-bond acceptors (Lipinski definition) is 12. The highest BCUT2D eigenvalue weighted by Crippen LogP contribution is 2.60. The van der Waals surface area contributed by atoms with Crippen molar-refractivity contribution in [3.8, 4) is 0 Å². The summed E-state index contributed by atoms with van der Waals surface area (Å²) in [7, 11) is 0. The van der Waals surface area contributed by atoms with Crippen molar-refractivity contribution in [2.45, 2.75) is 49.1 Å². The van der Waals surface area contributed by atoms with E-state index < -0.39 is 75.9 Å². The van der Waals surface area contributed by atoms with Gasteiger partial charge in [0, 0.05) is 0 Å². The summed E-state index contributed by atoms with van der Waals surface area (Å²) in [6, 6.07) is 14.5. The lowest BCUT2D eigenvalue weighted by Gasteiger charge is -2.28. The molecule has 0 bridgehead atoms. The van der Waals surface area contributed by atoms with Crippen LogP contribution in [-0.2, 0) is 36.7 Å². The zero-order valence-electron chi connectivity index (χ0n) is 21.5. The van der Waals surface area contributed by atoms with Gasteiger partial charge in [0.25, 0.3) is 0 Å². The van der Waals surface area contributed by atoms with Crippen LogP contribution in [0.1, 0.15) is 12.5 Å². The molecule has 2 aromatic carbocycles. The molecule has 14 nitrogen and oxygen atoms in total. The molecule has 18 heteroatoms. The first kappa shape index (κ1) is 29.0. The molecule has 4 aromatic rings. The van der Waals surface area contributed by atoms with Crippen molar-refractivity contribution in [2.24, 2.45) is 0 Å². The van der Waals surface area contributed by atoms with Crippen molar-refractivity contribution in [3.63, 3.8) is 0 Å². The second-order valence-electron chi connectivity index (χ2n) is 10.1. The summed E-state index contributed by atoms with van der Waals surface area (Å²) in [5.41, 5.74) is 2.68. The molecule has 2 N–H and O–H groups in total. The lowest BCUT2D eigenvalue weighted by atomic mass is 10.1. The number of fused-ring (bicyclic) bond motifs is 4. The molecule has 0 saturated carbocycles. The summed E-state index contributed by atoms with van der Waals surface area (Å²) < 4.78 is 64.6. The third-order valence-electron chi connectivity index (χ3n) is 7.44. The number of hydrogen-bond donors (Lipinski definition) is 4. The Morgan fingerprint density at radius 1 is 0.714 bits per heavy atom. The maximum absolute atomic E-state index is 13.4. The van der Waals surface area contributed by atoms with Crippen LogP contribution in [0.25, 0.3) is 22.1 Å². The fourth-order valence-electron chi connectivity index (χ4n) is 5.49. The number of aliphatic hydroxyl groups excluding tert-OH is 2. The molecule has 0 amide bonds. The van der Waals surface area contributed by atoms with Crippen LogP contribution in [0, 0.1) is 0 Å². The molecule has 6 unspecified atom stereocenters. The molecular formula is C24H26N4O10P2S2. The summed E-state index contributed by atoms with van der Waals surface area (Å²) in [5.74, 6) is 0. The number of aromatic nitrogens is 4. The van der Waals surface area contributed by atoms with Gasteiger partial charge < -0.3 is 28.8 Å². The Morgan fingerprint density at radius 3 is 1.55 bits per heavy atom. The first-order chi connectivity index (χ1) is 20.1. The van der Waals surface area contributed by atoms with Gasteiger partial charge in [0.2, 0.25) is 0 Å². The van der Waals surface area contributed by atoms with Crippen molar-refractivity contribution in [1.29, 1.82) is 0 Å². The molecule has 224 valence electrons. The highest BCUT2D eigenvalue weighted by atomic mass is 32.7. The van der Waals surface area contributed by atoms with Crippen LogP contribution in [0.5, 0.6) is 0 Å². The van der Waals surface area contributed by atoms with Gasteiger partial charge >= 0.3 is 13.6 Å². The van der Waals surface area contributed by atoms with E-state index in [4.69, 9.17) is 27.6 Å². The Morgan fingerprint density at radius 2 is 1.12 bits per heavy atom. The number of ether oxygens (including phenoxy) is 2. The van der Waals surface area contributed by atoms with E-state index in [9.17, 15) is 19.3 Å². The van der Waals surface area contributed by atoms with Crippen molar-refractivity contribution >= 4 is 60.2 Å². The fourth-order valence-corrected chi connectivity index (χ4v) is 8.47. The Balaban J connectivity index is 1.16. The number of thiol groups is 2. The van der Waals surface area contributed by atoms with Gasteiger partial charge in [-0.2, -0.15) is 0 Å². The van der Waals surface area contributed by atoms with E-state index in [1.807, 2.05) is 24.3 Å². The van der Waals surface area contributed by atoms with Crippen LogP contribution in [0.4, 0.5) is 0 Å². The Hall–Kier alpha value is -1.78. The lowest BCUT2D eigenvalue weighted by molar-refractivity contribution is -0.0559. The highest BCUT2D eigenvalue weighted by molar-refractivity contribution is 8.44. The lowest BCUT2D eigenvalue weighted by Crippen LogP contribution is -2.38. The first-order valence-electron chi connectivity index (χ1n) is 12.9. The zero-order valence-corrected chi connectivity index (χ0v) is 25.1. The molecule has 0 spiro atoms. The minimum Gasteiger partial charge on any atom is -0.386 e. The topological polar surface area (TPSA) is 166 Å². The van der Waals surface area contributed by atoms with Crippen LogP contribution in [0.3, 0.4) is 0 Å². The van der Waals surface area contributed by atoms with Crippen LogP contribution in [0.2, 0.25) is 0 Å². The summed E-state index contributed by atoms with van der Waals surface area (Å²) >= 11 is 8.25. The number of aliphatic hydroxyl groups is 2.